The van der Waals surface area contributed by atoms with Crippen LogP contribution in [-0.4, -0.2) is 45.6 Å². The number of halogens is 3. The van der Waals surface area contributed by atoms with Crippen molar-refractivity contribution in [1.82, 2.24) is 25.4 Å². The van der Waals surface area contributed by atoms with E-state index in [0.29, 0.717) is 52.1 Å². The molecule has 1 atom stereocenters. The molecule has 1 saturated heterocycles. The molecular formula is C28H29Cl2FN6O2. The van der Waals surface area contributed by atoms with Gasteiger partial charge in [0.05, 0.1) is 33.5 Å². The Morgan fingerprint density at radius 2 is 2.00 bits per heavy atom. The van der Waals surface area contributed by atoms with Crippen LogP contribution < -0.4 is 15.8 Å². The first-order valence-corrected chi connectivity index (χ1v) is 13.0. The summed E-state index contributed by atoms with van der Waals surface area (Å²) in [5.74, 6) is -0.270. The molecule has 1 aliphatic heterocycles. The summed E-state index contributed by atoms with van der Waals surface area (Å²) in [6.07, 6.45) is 6.76. The lowest BCUT2D eigenvalue weighted by molar-refractivity contribution is -0.127. The lowest BCUT2D eigenvalue weighted by Gasteiger charge is -2.29. The molecule has 11 heteroatoms. The van der Waals surface area contributed by atoms with Crippen molar-refractivity contribution in [2.24, 2.45) is 5.73 Å². The van der Waals surface area contributed by atoms with Crippen molar-refractivity contribution in [2.75, 3.05) is 19.6 Å². The Balaban J connectivity index is 1.56. The molecular weight excluding hydrogens is 542 g/mol. The average Bonchev–Trinajstić information content (AvgIpc) is 3.31. The number of rotatable bonds is 7. The second-order valence-electron chi connectivity index (χ2n) is 9.22. The minimum atomic E-state index is -0.523. The van der Waals surface area contributed by atoms with Crippen LogP contribution >= 0.6 is 23.2 Å². The number of aromatic amines is 1. The summed E-state index contributed by atoms with van der Waals surface area (Å²) in [6, 6.07) is 3.62. The number of hydrogen-bond donors (Lipinski definition) is 3. The predicted molar refractivity (Wildman–Crippen MR) is 153 cm³/mol. The van der Waals surface area contributed by atoms with Crippen LogP contribution in [0.15, 0.2) is 66.1 Å². The first kappa shape index (κ1) is 28.2. The van der Waals surface area contributed by atoms with Crippen molar-refractivity contribution < 1.29 is 13.9 Å². The van der Waals surface area contributed by atoms with E-state index in [0.717, 1.165) is 16.8 Å². The zero-order valence-electron chi connectivity index (χ0n) is 21.8. The summed E-state index contributed by atoms with van der Waals surface area (Å²) >= 11 is 12.6. The summed E-state index contributed by atoms with van der Waals surface area (Å²) in [5, 5.41) is 11.8. The van der Waals surface area contributed by atoms with Crippen LogP contribution in [0.2, 0.25) is 10.0 Å². The number of H-pyrrole nitrogens is 1. The molecule has 204 valence electrons. The molecule has 3 heterocycles. The maximum Gasteiger partial charge on any atom is 0.270 e. The quantitative estimate of drug-likeness (QED) is 0.246. The normalized spacial score (nSPS) is 15.9. The second kappa shape index (κ2) is 11.9. The van der Waals surface area contributed by atoms with Gasteiger partial charge in [0.15, 0.2) is 0 Å². The van der Waals surface area contributed by atoms with E-state index in [4.69, 9.17) is 33.7 Å². The van der Waals surface area contributed by atoms with Gasteiger partial charge in [-0.25, -0.2) is 4.39 Å². The molecule has 1 aliphatic rings. The number of nitrogens with zero attached hydrogens (tertiary/aromatic N) is 3. The van der Waals surface area contributed by atoms with Gasteiger partial charge in [0, 0.05) is 53.8 Å². The van der Waals surface area contributed by atoms with Gasteiger partial charge in [-0.05, 0) is 44.6 Å². The highest BCUT2D eigenvalue weighted by molar-refractivity contribution is 6.35. The third-order valence-corrected chi connectivity index (χ3v) is 7.00. The Morgan fingerprint density at radius 1 is 1.28 bits per heavy atom. The fraction of sp³-hybridized carbons (Fsp3) is 0.250. The number of amides is 1. The molecule has 0 aliphatic carbocycles. The summed E-state index contributed by atoms with van der Waals surface area (Å²) in [6.45, 7) is 10.6. The third kappa shape index (κ3) is 6.26. The molecule has 1 fully saturated rings. The molecule has 8 nitrogen and oxygen atoms in total. The van der Waals surface area contributed by atoms with Crippen molar-refractivity contribution in [3.8, 4) is 5.75 Å². The lowest BCUT2D eigenvalue weighted by Crippen LogP contribution is -2.46. The van der Waals surface area contributed by atoms with Crippen LogP contribution in [0.4, 0.5) is 4.39 Å². The Labute approximate surface area is 236 Å². The average molecular weight is 571 g/mol. The van der Waals surface area contributed by atoms with Crippen LogP contribution in [0.1, 0.15) is 36.8 Å². The summed E-state index contributed by atoms with van der Waals surface area (Å²) in [4.78, 5) is 18.2. The molecule has 0 radical (unpaired) electrons. The van der Waals surface area contributed by atoms with Crippen molar-refractivity contribution in [3.63, 3.8) is 0 Å². The number of benzene rings is 1. The SMILES string of the molecule is C=C1CN(C(=O)/C(N)=C/C=C(C)/C(F)=C/c2n[nH]c3ccc(OC(C)c4c(Cl)cncc4Cl)c(C)c23)CCN1. The van der Waals surface area contributed by atoms with E-state index in [1.807, 2.05) is 26.0 Å². The minimum absolute atomic E-state index is 0.0169. The van der Waals surface area contributed by atoms with E-state index in [1.165, 1.54) is 30.6 Å². The Kier molecular flexibility index (Phi) is 8.62. The number of nitrogens with one attached hydrogen (secondary N) is 2. The van der Waals surface area contributed by atoms with Gasteiger partial charge in [-0.3, -0.25) is 14.9 Å². The zero-order chi connectivity index (χ0) is 28.3. The van der Waals surface area contributed by atoms with Crippen molar-refractivity contribution in [2.45, 2.75) is 26.9 Å². The van der Waals surface area contributed by atoms with Gasteiger partial charge >= 0.3 is 0 Å². The highest BCUT2D eigenvalue weighted by Gasteiger charge is 2.20. The van der Waals surface area contributed by atoms with Gasteiger partial charge in [-0.1, -0.05) is 35.9 Å². The molecule has 39 heavy (non-hydrogen) atoms. The number of pyridine rings is 1. The maximum absolute atomic E-state index is 15.2. The molecule has 1 unspecified atom stereocenters. The largest absolute Gasteiger partial charge is 0.486 e. The fourth-order valence-corrected chi connectivity index (χ4v) is 4.94. The molecule has 3 aromatic rings. The van der Waals surface area contributed by atoms with E-state index in [1.54, 1.807) is 11.8 Å². The summed E-state index contributed by atoms with van der Waals surface area (Å²) < 4.78 is 21.4. The van der Waals surface area contributed by atoms with E-state index in [-0.39, 0.29) is 17.2 Å². The van der Waals surface area contributed by atoms with Crippen molar-refractivity contribution in [1.29, 1.82) is 0 Å². The van der Waals surface area contributed by atoms with E-state index >= 15 is 4.39 Å². The van der Waals surface area contributed by atoms with Crippen molar-refractivity contribution in [3.05, 3.63) is 92.9 Å². The van der Waals surface area contributed by atoms with E-state index in [9.17, 15) is 4.79 Å². The molecule has 1 aromatic carbocycles. The number of piperazine rings is 1. The lowest BCUT2D eigenvalue weighted by atomic mass is 10.1. The fourth-order valence-electron chi connectivity index (χ4n) is 4.27. The minimum Gasteiger partial charge on any atom is -0.486 e. The van der Waals surface area contributed by atoms with Gasteiger partial charge in [-0.15, -0.1) is 0 Å². The third-order valence-electron chi connectivity index (χ3n) is 6.39. The standard InChI is InChI=1S/C28H29Cl2FN6O2/c1-15(5-6-22(32)28(38)37-10-9-34-16(2)14-37)21(31)11-24-26-17(3)25(8-7-23(26)35-36-24)39-18(4)27-19(29)12-33-13-20(27)30/h5-8,11-13,18,34H,2,9-10,14,32H2,1,3-4H3,(H,35,36)/b15-5+,21-11-,22-6-. The molecule has 1 amide bonds. The van der Waals surface area contributed by atoms with Crippen molar-refractivity contribution >= 4 is 46.1 Å². The first-order chi connectivity index (χ1) is 18.6. The smallest absolute Gasteiger partial charge is 0.270 e. The van der Waals surface area contributed by atoms with E-state index in [2.05, 4.69) is 27.1 Å². The highest BCUT2D eigenvalue weighted by atomic mass is 35.5. The number of aromatic nitrogens is 3. The van der Waals surface area contributed by atoms with Gasteiger partial charge in [0.2, 0.25) is 0 Å². The Morgan fingerprint density at radius 3 is 2.69 bits per heavy atom. The Hall–Kier alpha value is -3.82. The number of allylic oxidation sites excluding steroid dienone is 4. The molecule has 0 bridgehead atoms. The number of fused-ring (bicyclic) bond motifs is 1. The topological polar surface area (TPSA) is 109 Å². The van der Waals surface area contributed by atoms with Crippen LogP contribution in [0.25, 0.3) is 17.0 Å². The molecule has 0 saturated carbocycles. The maximum atomic E-state index is 15.2. The summed E-state index contributed by atoms with van der Waals surface area (Å²) in [5.41, 5.74) is 9.54. The molecule has 4 rings (SSSR count). The number of hydrogen-bond acceptors (Lipinski definition) is 6. The molecule has 2 aromatic heterocycles. The van der Waals surface area contributed by atoms with Gasteiger partial charge in [0.1, 0.15) is 17.7 Å². The van der Waals surface area contributed by atoms with Crippen LogP contribution in [-0.2, 0) is 4.79 Å². The number of aryl methyl sites for hydroxylation is 1. The highest BCUT2D eigenvalue weighted by Crippen LogP contribution is 2.36. The number of carbonyl (C=O) groups excluding carboxylic acids is 1. The van der Waals surface area contributed by atoms with Gasteiger partial charge in [-0.2, -0.15) is 5.10 Å². The predicted octanol–water partition coefficient (Wildman–Crippen LogP) is 5.76. The Bertz CT molecular complexity index is 1510. The molecule has 4 N–H and O–H groups in total. The number of carbonyl (C=O) groups is 1. The van der Waals surface area contributed by atoms with E-state index < -0.39 is 11.9 Å². The van der Waals surface area contributed by atoms with Crippen LogP contribution in [0, 0.1) is 6.92 Å². The van der Waals surface area contributed by atoms with Crippen LogP contribution in [0.3, 0.4) is 0 Å². The van der Waals surface area contributed by atoms with Crippen LogP contribution in [0.5, 0.6) is 5.75 Å². The zero-order valence-corrected chi connectivity index (χ0v) is 23.3. The number of nitrogens with two attached hydrogens (primary N) is 1. The van der Waals surface area contributed by atoms with Gasteiger partial charge < -0.3 is 20.7 Å². The first-order valence-electron chi connectivity index (χ1n) is 12.2. The monoisotopic (exact) mass is 570 g/mol. The van der Waals surface area contributed by atoms with Gasteiger partial charge in [0.25, 0.3) is 5.91 Å². The molecule has 0 spiro atoms. The summed E-state index contributed by atoms with van der Waals surface area (Å²) in [7, 11) is 0. The second-order valence-corrected chi connectivity index (χ2v) is 10.0. The number of ether oxygens (including phenoxy) is 1.